The van der Waals surface area contributed by atoms with Gasteiger partial charge in [0, 0.05) is 41.7 Å². The van der Waals surface area contributed by atoms with Gasteiger partial charge in [-0.2, -0.15) is 11.8 Å². The van der Waals surface area contributed by atoms with E-state index in [0.29, 0.717) is 5.92 Å². The van der Waals surface area contributed by atoms with E-state index in [1.165, 1.54) is 22.2 Å². The van der Waals surface area contributed by atoms with Crippen LogP contribution in [0, 0.1) is 5.92 Å². The summed E-state index contributed by atoms with van der Waals surface area (Å²) in [7, 11) is 0. The molecule has 0 aliphatic carbocycles. The van der Waals surface area contributed by atoms with Gasteiger partial charge < -0.3 is 10.2 Å². The van der Waals surface area contributed by atoms with Gasteiger partial charge in [-0.25, -0.2) is 4.98 Å². The predicted octanol–water partition coefficient (Wildman–Crippen LogP) is 3.22. The SMILES string of the molecule is CCC1CN(c2ncc(CNCC(C)C)s2)CCS1. The smallest absolute Gasteiger partial charge is 0.185 e. The van der Waals surface area contributed by atoms with Crippen molar-refractivity contribution in [1.82, 2.24) is 10.3 Å². The average molecular weight is 300 g/mol. The highest BCUT2D eigenvalue weighted by molar-refractivity contribution is 8.00. The maximum absolute atomic E-state index is 4.60. The number of hydrogen-bond donors (Lipinski definition) is 1. The van der Waals surface area contributed by atoms with E-state index >= 15 is 0 Å². The van der Waals surface area contributed by atoms with Gasteiger partial charge in [-0.05, 0) is 18.9 Å². The lowest BCUT2D eigenvalue weighted by Gasteiger charge is -2.31. The van der Waals surface area contributed by atoms with E-state index in [1.54, 1.807) is 0 Å². The lowest BCUT2D eigenvalue weighted by Crippen LogP contribution is -2.37. The van der Waals surface area contributed by atoms with Crippen LogP contribution in [0.1, 0.15) is 32.1 Å². The molecule has 1 aliphatic rings. The molecule has 0 saturated carbocycles. The molecule has 0 radical (unpaired) electrons. The zero-order chi connectivity index (χ0) is 13.7. The summed E-state index contributed by atoms with van der Waals surface area (Å²) in [5.74, 6) is 1.94. The number of aromatic nitrogens is 1. The van der Waals surface area contributed by atoms with Gasteiger partial charge in [0.25, 0.3) is 0 Å². The summed E-state index contributed by atoms with van der Waals surface area (Å²) in [6.07, 6.45) is 3.30. The molecule has 1 unspecified atom stereocenters. The van der Waals surface area contributed by atoms with Crippen molar-refractivity contribution in [3.63, 3.8) is 0 Å². The van der Waals surface area contributed by atoms with E-state index in [4.69, 9.17) is 0 Å². The molecule has 3 nitrogen and oxygen atoms in total. The Balaban J connectivity index is 1.85. The molecule has 5 heteroatoms. The quantitative estimate of drug-likeness (QED) is 0.873. The lowest BCUT2D eigenvalue weighted by molar-refractivity contribution is 0.554. The van der Waals surface area contributed by atoms with E-state index in [0.717, 1.165) is 31.4 Å². The van der Waals surface area contributed by atoms with Crippen molar-refractivity contribution in [3.05, 3.63) is 11.1 Å². The number of thioether (sulfide) groups is 1. The van der Waals surface area contributed by atoms with Gasteiger partial charge in [0.15, 0.2) is 5.13 Å². The third kappa shape index (κ3) is 4.65. The van der Waals surface area contributed by atoms with Crippen LogP contribution >= 0.6 is 23.1 Å². The molecule has 2 heterocycles. The van der Waals surface area contributed by atoms with E-state index < -0.39 is 0 Å². The van der Waals surface area contributed by atoms with Crippen molar-refractivity contribution < 1.29 is 0 Å². The molecule has 1 aliphatic heterocycles. The first-order valence-corrected chi connectivity index (χ1v) is 9.07. The van der Waals surface area contributed by atoms with Crippen LogP contribution in [0.25, 0.3) is 0 Å². The van der Waals surface area contributed by atoms with E-state index in [2.05, 4.69) is 47.7 Å². The first-order chi connectivity index (χ1) is 9.19. The standard InChI is InChI=1S/C14H25N3S2/c1-4-12-10-17(5-6-18-12)14-16-9-13(19-14)8-15-7-11(2)3/h9,11-12,15H,4-8,10H2,1-3H3. The third-order valence-electron chi connectivity index (χ3n) is 3.26. The van der Waals surface area contributed by atoms with Crippen LogP contribution in [0.3, 0.4) is 0 Å². The molecular weight excluding hydrogens is 274 g/mol. The van der Waals surface area contributed by atoms with E-state index in [1.807, 2.05) is 17.5 Å². The average Bonchev–Trinajstić information content (AvgIpc) is 2.87. The monoisotopic (exact) mass is 299 g/mol. The summed E-state index contributed by atoms with van der Waals surface area (Å²) in [6, 6.07) is 0. The van der Waals surface area contributed by atoms with Gasteiger partial charge >= 0.3 is 0 Å². The van der Waals surface area contributed by atoms with Gasteiger partial charge in [-0.3, -0.25) is 0 Å². The maximum atomic E-state index is 4.60. The Morgan fingerprint density at radius 3 is 3.11 bits per heavy atom. The molecule has 1 aromatic rings. The van der Waals surface area contributed by atoms with Crippen molar-refractivity contribution >= 4 is 28.2 Å². The first-order valence-electron chi connectivity index (χ1n) is 7.21. The molecule has 19 heavy (non-hydrogen) atoms. The second-order valence-electron chi connectivity index (χ2n) is 5.48. The molecule has 0 spiro atoms. The molecule has 1 aromatic heterocycles. The Bertz CT molecular complexity index is 379. The number of rotatable bonds is 6. The molecular formula is C14H25N3S2. The topological polar surface area (TPSA) is 28.2 Å². The largest absolute Gasteiger partial charge is 0.346 e. The minimum atomic E-state index is 0.705. The zero-order valence-electron chi connectivity index (χ0n) is 12.2. The maximum Gasteiger partial charge on any atom is 0.185 e. The summed E-state index contributed by atoms with van der Waals surface area (Å²) in [6.45, 7) is 11.1. The number of anilines is 1. The molecule has 0 bridgehead atoms. The molecule has 1 saturated heterocycles. The summed E-state index contributed by atoms with van der Waals surface area (Å²) in [5.41, 5.74) is 0. The van der Waals surface area contributed by atoms with E-state index in [9.17, 15) is 0 Å². The fraction of sp³-hybridized carbons (Fsp3) is 0.786. The highest BCUT2D eigenvalue weighted by Crippen LogP contribution is 2.28. The molecule has 0 amide bonds. The van der Waals surface area contributed by atoms with Crippen LogP contribution in [0.5, 0.6) is 0 Å². The van der Waals surface area contributed by atoms with Crippen LogP contribution in [0.4, 0.5) is 5.13 Å². The lowest BCUT2D eigenvalue weighted by atomic mass is 10.2. The predicted molar refractivity (Wildman–Crippen MR) is 87.4 cm³/mol. The van der Waals surface area contributed by atoms with E-state index in [-0.39, 0.29) is 0 Å². The van der Waals surface area contributed by atoms with Gasteiger partial charge in [0.05, 0.1) is 0 Å². The zero-order valence-corrected chi connectivity index (χ0v) is 13.8. The van der Waals surface area contributed by atoms with Crippen LogP contribution in [-0.2, 0) is 6.54 Å². The van der Waals surface area contributed by atoms with Gasteiger partial charge in [0.1, 0.15) is 0 Å². The molecule has 1 N–H and O–H groups in total. The summed E-state index contributed by atoms with van der Waals surface area (Å²) in [4.78, 5) is 8.41. The Kier molecular flexibility index (Phi) is 5.98. The Morgan fingerprint density at radius 1 is 1.53 bits per heavy atom. The number of nitrogens with zero attached hydrogens (tertiary/aromatic N) is 2. The fourth-order valence-electron chi connectivity index (χ4n) is 2.15. The summed E-state index contributed by atoms with van der Waals surface area (Å²) < 4.78 is 0. The van der Waals surface area contributed by atoms with Crippen molar-refractivity contribution in [2.75, 3.05) is 30.3 Å². The normalized spacial score (nSPS) is 20.2. The Hall–Kier alpha value is -0.260. The second-order valence-corrected chi connectivity index (χ2v) is 7.98. The number of nitrogens with one attached hydrogen (secondary N) is 1. The number of thiazole rings is 1. The highest BCUT2D eigenvalue weighted by atomic mass is 32.2. The Labute approximate surface area is 125 Å². The van der Waals surface area contributed by atoms with Crippen LogP contribution in [0.15, 0.2) is 6.20 Å². The minimum Gasteiger partial charge on any atom is -0.346 e. The third-order valence-corrected chi connectivity index (χ3v) is 5.69. The Morgan fingerprint density at radius 2 is 2.37 bits per heavy atom. The van der Waals surface area contributed by atoms with Crippen LogP contribution in [-0.4, -0.2) is 35.6 Å². The van der Waals surface area contributed by atoms with Crippen LogP contribution < -0.4 is 10.2 Å². The van der Waals surface area contributed by atoms with Crippen molar-refractivity contribution in [1.29, 1.82) is 0 Å². The van der Waals surface area contributed by atoms with Gasteiger partial charge in [0.2, 0.25) is 0 Å². The van der Waals surface area contributed by atoms with Crippen LogP contribution in [0.2, 0.25) is 0 Å². The highest BCUT2D eigenvalue weighted by Gasteiger charge is 2.21. The molecule has 2 rings (SSSR count). The molecule has 0 aromatic carbocycles. The van der Waals surface area contributed by atoms with Gasteiger partial charge in [-0.1, -0.05) is 20.8 Å². The molecule has 1 fully saturated rings. The van der Waals surface area contributed by atoms with Crippen molar-refractivity contribution in [2.45, 2.75) is 39.0 Å². The van der Waals surface area contributed by atoms with Crippen molar-refractivity contribution in [2.24, 2.45) is 5.92 Å². The fourth-order valence-corrected chi connectivity index (χ4v) is 4.24. The summed E-state index contributed by atoms with van der Waals surface area (Å²) in [5, 5.41) is 5.47. The first kappa shape index (κ1) is 15.1. The molecule has 108 valence electrons. The van der Waals surface area contributed by atoms with Crippen molar-refractivity contribution in [3.8, 4) is 0 Å². The molecule has 1 atom stereocenters. The summed E-state index contributed by atoms with van der Waals surface area (Å²) >= 11 is 3.95. The second kappa shape index (κ2) is 7.50. The number of hydrogen-bond acceptors (Lipinski definition) is 5. The van der Waals surface area contributed by atoms with Gasteiger partial charge in [-0.15, -0.1) is 11.3 Å². The minimum absolute atomic E-state index is 0.705.